The molecule has 0 aliphatic carbocycles. The Kier molecular flexibility index (Phi) is 5.53. The molecule has 2 aliphatic rings. The van der Waals surface area contributed by atoms with Crippen molar-refractivity contribution in [2.75, 3.05) is 19.7 Å². The largest absolute Gasteiger partial charge is 0.394 e. The van der Waals surface area contributed by atoms with E-state index in [4.69, 9.17) is 0 Å². The molecule has 2 fully saturated rings. The molecule has 4 nitrogen and oxygen atoms in total. The fourth-order valence-corrected chi connectivity index (χ4v) is 5.22. The van der Waals surface area contributed by atoms with Crippen LogP contribution in [0.1, 0.15) is 22.6 Å². The van der Waals surface area contributed by atoms with Crippen molar-refractivity contribution >= 4 is 5.91 Å². The second kappa shape index (κ2) is 8.49. The first kappa shape index (κ1) is 20.9. The first-order valence-electron chi connectivity index (χ1n) is 11.1. The van der Waals surface area contributed by atoms with Gasteiger partial charge in [-0.2, -0.15) is 0 Å². The number of carbonyl (C=O) groups is 1. The van der Waals surface area contributed by atoms with E-state index in [1.165, 1.54) is 17.2 Å². The molecular formula is C27H27FN2O2. The monoisotopic (exact) mass is 430 g/mol. The summed E-state index contributed by atoms with van der Waals surface area (Å²) < 4.78 is 14.2. The molecule has 0 radical (unpaired) electrons. The lowest BCUT2D eigenvalue weighted by Gasteiger charge is -2.59. The third-order valence-electron chi connectivity index (χ3n) is 6.83. The van der Waals surface area contributed by atoms with Crippen molar-refractivity contribution in [1.29, 1.82) is 0 Å². The maximum Gasteiger partial charge on any atom is 0.237 e. The Morgan fingerprint density at radius 1 is 1.00 bits per heavy atom. The van der Waals surface area contributed by atoms with E-state index in [1.54, 1.807) is 12.1 Å². The number of halogens is 1. The average molecular weight is 431 g/mol. The van der Waals surface area contributed by atoms with E-state index in [-0.39, 0.29) is 36.3 Å². The highest BCUT2D eigenvalue weighted by Crippen LogP contribution is 2.43. The van der Waals surface area contributed by atoms with Gasteiger partial charge < -0.3 is 10.0 Å². The van der Waals surface area contributed by atoms with Gasteiger partial charge in [-0.15, -0.1) is 0 Å². The summed E-state index contributed by atoms with van der Waals surface area (Å²) >= 11 is 0. The van der Waals surface area contributed by atoms with E-state index in [0.717, 1.165) is 24.2 Å². The minimum atomic E-state index is -0.243. The van der Waals surface area contributed by atoms with Gasteiger partial charge in [-0.25, -0.2) is 4.39 Å². The summed E-state index contributed by atoms with van der Waals surface area (Å²) in [6, 6.07) is 22.9. The van der Waals surface area contributed by atoms with Crippen LogP contribution in [0, 0.1) is 12.7 Å². The third kappa shape index (κ3) is 3.72. The Labute approximate surface area is 187 Å². The first-order chi connectivity index (χ1) is 15.5. The molecule has 3 atom stereocenters. The quantitative estimate of drug-likeness (QED) is 0.666. The van der Waals surface area contributed by atoms with Crippen molar-refractivity contribution in [3.63, 3.8) is 0 Å². The first-order valence-corrected chi connectivity index (χ1v) is 11.1. The Morgan fingerprint density at radius 2 is 1.72 bits per heavy atom. The molecule has 5 rings (SSSR count). The van der Waals surface area contributed by atoms with Crippen LogP contribution >= 0.6 is 0 Å². The summed E-state index contributed by atoms with van der Waals surface area (Å²) in [7, 11) is 0. The van der Waals surface area contributed by atoms with Crippen LogP contribution in [0.2, 0.25) is 0 Å². The Morgan fingerprint density at radius 3 is 2.41 bits per heavy atom. The molecule has 2 aliphatic heterocycles. The minimum absolute atomic E-state index is 0.0400. The van der Waals surface area contributed by atoms with Crippen molar-refractivity contribution in [3.05, 3.63) is 95.3 Å². The molecule has 0 saturated carbocycles. The highest BCUT2D eigenvalue weighted by Gasteiger charge is 2.53. The molecular weight excluding hydrogens is 403 g/mol. The zero-order valence-corrected chi connectivity index (χ0v) is 18.1. The number of carbonyl (C=O) groups excluding carboxylic acids is 1. The lowest BCUT2D eigenvalue weighted by atomic mass is 9.73. The molecule has 0 unspecified atom stereocenters. The molecule has 0 aromatic heterocycles. The second-order valence-corrected chi connectivity index (χ2v) is 8.90. The van der Waals surface area contributed by atoms with Gasteiger partial charge in [-0.05, 0) is 29.7 Å². The van der Waals surface area contributed by atoms with E-state index in [2.05, 4.69) is 36.1 Å². The zero-order chi connectivity index (χ0) is 22.2. The molecule has 3 aromatic rings. The molecule has 5 heteroatoms. The number of nitrogens with zero attached hydrogens (tertiary/aromatic N) is 2. The van der Waals surface area contributed by atoms with E-state index < -0.39 is 0 Å². The molecule has 1 amide bonds. The van der Waals surface area contributed by atoms with Crippen LogP contribution < -0.4 is 0 Å². The van der Waals surface area contributed by atoms with Gasteiger partial charge in [0.05, 0.1) is 25.2 Å². The number of fused-ring (bicyclic) bond motifs is 1. The number of benzene rings is 3. The van der Waals surface area contributed by atoms with Crippen molar-refractivity contribution < 1.29 is 14.3 Å². The number of aryl methyl sites for hydroxylation is 1. The maximum atomic E-state index is 14.2. The number of amides is 1. The van der Waals surface area contributed by atoms with Crippen LogP contribution in [0.25, 0.3) is 11.1 Å². The normalized spacial score (nSPS) is 23.0. The van der Waals surface area contributed by atoms with Crippen LogP contribution in [-0.4, -0.2) is 52.6 Å². The lowest BCUT2D eigenvalue weighted by Crippen LogP contribution is -2.72. The Balaban J connectivity index is 1.36. The molecule has 2 saturated heterocycles. The topological polar surface area (TPSA) is 43.8 Å². The number of rotatable bonds is 5. The van der Waals surface area contributed by atoms with Gasteiger partial charge in [0.15, 0.2) is 0 Å². The summed E-state index contributed by atoms with van der Waals surface area (Å²) in [5.74, 6) is -0.0981. The van der Waals surface area contributed by atoms with Gasteiger partial charge in [-0.3, -0.25) is 9.69 Å². The van der Waals surface area contributed by atoms with Gasteiger partial charge in [0.25, 0.3) is 0 Å². The zero-order valence-electron chi connectivity index (χ0n) is 18.1. The molecule has 1 N–H and O–H groups in total. The van der Waals surface area contributed by atoms with Crippen molar-refractivity contribution in [2.45, 2.75) is 31.5 Å². The lowest BCUT2D eigenvalue weighted by molar-refractivity contribution is -0.162. The van der Waals surface area contributed by atoms with Gasteiger partial charge in [0.1, 0.15) is 5.82 Å². The predicted molar refractivity (Wildman–Crippen MR) is 123 cm³/mol. The summed E-state index contributed by atoms with van der Waals surface area (Å²) in [4.78, 5) is 16.9. The van der Waals surface area contributed by atoms with Crippen molar-refractivity contribution in [2.24, 2.45) is 0 Å². The molecule has 0 bridgehead atoms. The highest BCUT2D eigenvalue weighted by molar-refractivity contribution is 5.81. The average Bonchev–Trinajstić information content (AvgIpc) is 2.78. The molecule has 32 heavy (non-hydrogen) atoms. The van der Waals surface area contributed by atoms with Crippen LogP contribution in [0.15, 0.2) is 72.8 Å². The van der Waals surface area contributed by atoms with E-state index in [1.807, 2.05) is 35.2 Å². The number of aliphatic hydroxyl groups excluding tert-OH is 1. The molecule has 2 heterocycles. The van der Waals surface area contributed by atoms with Gasteiger partial charge in [-0.1, -0.05) is 72.3 Å². The van der Waals surface area contributed by atoms with Crippen molar-refractivity contribution in [3.8, 4) is 11.1 Å². The van der Waals surface area contributed by atoms with Crippen LogP contribution in [0.4, 0.5) is 4.39 Å². The van der Waals surface area contributed by atoms with E-state index in [9.17, 15) is 14.3 Å². The number of aliphatic hydroxyl groups is 1. The van der Waals surface area contributed by atoms with E-state index in [0.29, 0.717) is 12.1 Å². The van der Waals surface area contributed by atoms with Crippen molar-refractivity contribution in [1.82, 2.24) is 9.80 Å². The number of hydrogen-bond donors (Lipinski definition) is 1. The number of piperazine rings is 1. The van der Waals surface area contributed by atoms with Gasteiger partial charge in [0, 0.05) is 24.6 Å². The highest BCUT2D eigenvalue weighted by atomic mass is 19.1. The second-order valence-electron chi connectivity index (χ2n) is 8.90. The summed E-state index contributed by atoms with van der Waals surface area (Å²) in [6.45, 7) is 3.90. The fraction of sp³-hybridized carbons (Fsp3) is 0.296. The molecule has 3 aromatic carbocycles. The Bertz CT molecular complexity index is 1110. The molecule has 164 valence electrons. The summed E-state index contributed by atoms with van der Waals surface area (Å²) in [5.41, 5.74) is 4.89. The van der Waals surface area contributed by atoms with Crippen LogP contribution in [-0.2, 0) is 11.3 Å². The Hall–Kier alpha value is -3.02. The smallest absolute Gasteiger partial charge is 0.237 e. The fourth-order valence-electron chi connectivity index (χ4n) is 5.22. The third-order valence-corrected chi connectivity index (χ3v) is 6.83. The standard InChI is InChI=1S/C27H27FN2O2/c1-18-6-8-19(9-7-18)14-29-15-24-27(25(17-31)30(24)26(32)16-29)21-12-10-20(11-13-21)22-4-2-3-5-23(22)28/h2-13,24-25,27,31H,14-17H2,1H3/t24-,25+,27+/m0/s1. The maximum absolute atomic E-state index is 14.2. The van der Waals surface area contributed by atoms with Gasteiger partial charge in [0.2, 0.25) is 5.91 Å². The molecule has 0 spiro atoms. The summed E-state index contributed by atoms with van der Waals surface area (Å²) in [5, 5.41) is 10.0. The predicted octanol–water partition coefficient (Wildman–Crippen LogP) is 3.97. The minimum Gasteiger partial charge on any atom is -0.394 e. The number of hydrogen-bond acceptors (Lipinski definition) is 3. The van der Waals surface area contributed by atoms with Crippen LogP contribution in [0.5, 0.6) is 0 Å². The van der Waals surface area contributed by atoms with Crippen LogP contribution in [0.3, 0.4) is 0 Å². The van der Waals surface area contributed by atoms with E-state index >= 15 is 0 Å². The summed E-state index contributed by atoms with van der Waals surface area (Å²) in [6.07, 6.45) is 0. The van der Waals surface area contributed by atoms with Gasteiger partial charge >= 0.3 is 0 Å². The SMILES string of the molecule is Cc1ccc(CN2CC(=O)N3[C@H](CO)[C@H](c4ccc(-c5ccccc5F)cc4)[C@@H]3C2)cc1.